The number of hydrogen-bond acceptors (Lipinski definition) is 4. The lowest BCUT2D eigenvalue weighted by Gasteiger charge is -2.12. The molecule has 2 aromatic carbocycles. The third-order valence-electron chi connectivity index (χ3n) is 2.84. The molecular formula is C14H15BrN2O3S. The van der Waals surface area contributed by atoms with Gasteiger partial charge in [-0.25, -0.2) is 8.42 Å². The monoisotopic (exact) mass is 370 g/mol. The molecule has 21 heavy (non-hydrogen) atoms. The van der Waals surface area contributed by atoms with E-state index in [-0.39, 0.29) is 5.75 Å². The van der Waals surface area contributed by atoms with Gasteiger partial charge in [-0.1, -0.05) is 18.2 Å². The summed E-state index contributed by atoms with van der Waals surface area (Å²) < 4.78 is 32.7. The zero-order chi connectivity index (χ0) is 15.5. The van der Waals surface area contributed by atoms with Crippen molar-refractivity contribution in [2.24, 2.45) is 0 Å². The number of sulfonamides is 1. The summed E-state index contributed by atoms with van der Waals surface area (Å²) in [5.74, 6) is 0.374. The van der Waals surface area contributed by atoms with E-state index in [2.05, 4.69) is 20.7 Å². The smallest absolute Gasteiger partial charge is 0.237 e. The Morgan fingerprint density at radius 2 is 1.95 bits per heavy atom. The lowest BCUT2D eigenvalue weighted by molar-refractivity contribution is 0.415. The van der Waals surface area contributed by atoms with Crippen molar-refractivity contribution in [1.82, 2.24) is 0 Å². The maximum absolute atomic E-state index is 12.2. The number of para-hydroxylation sites is 1. The number of rotatable bonds is 5. The van der Waals surface area contributed by atoms with Crippen LogP contribution < -0.4 is 15.2 Å². The van der Waals surface area contributed by atoms with E-state index in [1.807, 2.05) is 0 Å². The summed E-state index contributed by atoms with van der Waals surface area (Å²) in [6.45, 7) is 0. The summed E-state index contributed by atoms with van der Waals surface area (Å²) in [6, 6.07) is 11.9. The Balaban J connectivity index is 2.24. The molecule has 2 aromatic rings. The molecule has 0 saturated heterocycles. The van der Waals surface area contributed by atoms with E-state index in [1.165, 1.54) is 7.11 Å². The molecule has 0 aliphatic rings. The van der Waals surface area contributed by atoms with Gasteiger partial charge in [-0.05, 0) is 39.7 Å². The number of benzene rings is 2. The van der Waals surface area contributed by atoms with Crippen LogP contribution in [0.2, 0.25) is 0 Å². The number of nitrogen functional groups attached to an aromatic ring is 1. The van der Waals surface area contributed by atoms with E-state index in [9.17, 15) is 8.42 Å². The van der Waals surface area contributed by atoms with Crippen molar-refractivity contribution in [3.63, 3.8) is 0 Å². The lowest BCUT2D eigenvalue weighted by atomic mass is 10.2. The van der Waals surface area contributed by atoms with E-state index in [1.54, 1.807) is 42.5 Å². The zero-order valence-electron chi connectivity index (χ0n) is 11.3. The highest BCUT2D eigenvalue weighted by Crippen LogP contribution is 2.28. The minimum atomic E-state index is -3.57. The fourth-order valence-electron chi connectivity index (χ4n) is 1.78. The molecule has 0 aromatic heterocycles. The van der Waals surface area contributed by atoms with E-state index < -0.39 is 10.0 Å². The summed E-state index contributed by atoms with van der Waals surface area (Å²) in [7, 11) is -2.05. The molecular weight excluding hydrogens is 356 g/mol. The quantitative estimate of drug-likeness (QED) is 0.792. The second kappa shape index (κ2) is 6.36. The molecule has 0 fully saturated rings. The van der Waals surface area contributed by atoms with Crippen LogP contribution in [0.5, 0.6) is 5.75 Å². The molecule has 0 saturated carbocycles. The van der Waals surface area contributed by atoms with Crippen molar-refractivity contribution in [1.29, 1.82) is 0 Å². The molecule has 0 atom stereocenters. The molecule has 5 nitrogen and oxygen atoms in total. The third-order valence-corrected chi connectivity index (χ3v) is 4.75. The van der Waals surface area contributed by atoms with Crippen LogP contribution in [0, 0.1) is 0 Å². The molecule has 112 valence electrons. The van der Waals surface area contributed by atoms with Gasteiger partial charge in [-0.3, -0.25) is 4.72 Å². The van der Waals surface area contributed by atoms with Crippen molar-refractivity contribution in [3.8, 4) is 5.75 Å². The average Bonchev–Trinajstić information content (AvgIpc) is 2.43. The van der Waals surface area contributed by atoms with Crippen LogP contribution in [0.15, 0.2) is 46.9 Å². The van der Waals surface area contributed by atoms with Gasteiger partial charge in [0.05, 0.1) is 18.6 Å². The van der Waals surface area contributed by atoms with Gasteiger partial charge in [-0.2, -0.15) is 0 Å². The van der Waals surface area contributed by atoms with Crippen LogP contribution in [0.25, 0.3) is 0 Å². The highest BCUT2D eigenvalue weighted by atomic mass is 79.9. The van der Waals surface area contributed by atoms with Crippen LogP contribution in [0.3, 0.4) is 0 Å². The SMILES string of the molecule is COc1ccc(Br)c(NS(=O)(=O)Cc2ccccc2N)c1. The van der Waals surface area contributed by atoms with Crippen LogP contribution >= 0.6 is 15.9 Å². The Hall–Kier alpha value is -1.73. The van der Waals surface area contributed by atoms with Gasteiger partial charge in [0.2, 0.25) is 10.0 Å². The molecule has 0 radical (unpaired) electrons. The topological polar surface area (TPSA) is 81.4 Å². The maximum Gasteiger partial charge on any atom is 0.237 e. The molecule has 0 unspecified atom stereocenters. The first-order chi connectivity index (χ1) is 9.91. The van der Waals surface area contributed by atoms with Crippen LogP contribution in [-0.4, -0.2) is 15.5 Å². The number of ether oxygens (including phenoxy) is 1. The first-order valence-corrected chi connectivity index (χ1v) is 8.53. The average molecular weight is 371 g/mol. The van der Waals surface area contributed by atoms with Gasteiger partial charge < -0.3 is 10.5 Å². The van der Waals surface area contributed by atoms with Gasteiger partial charge in [0.25, 0.3) is 0 Å². The zero-order valence-corrected chi connectivity index (χ0v) is 13.7. The largest absolute Gasteiger partial charge is 0.497 e. The number of anilines is 2. The first-order valence-electron chi connectivity index (χ1n) is 6.09. The lowest BCUT2D eigenvalue weighted by Crippen LogP contribution is -2.16. The van der Waals surface area contributed by atoms with E-state index >= 15 is 0 Å². The third kappa shape index (κ3) is 4.12. The van der Waals surface area contributed by atoms with E-state index in [0.717, 1.165) is 0 Å². The Morgan fingerprint density at radius 3 is 2.62 bits per heavy atom. The summed E-state index contributed by atoms with van der Waals surface area (Å²) >= 11 is 3.31. The maximum atomic E-state index is 12.2. The van der Waals surface area contributed by atoms with Gasteiger partial charge in [0, 0.05) is 16.2 Å². The van der Waals surface area contributed by atoms with Crippen molar-refractivity contribution in [2.45, 2.75) is 5.75 Å². The predicted octanol–water partition coefficient (Wildman–Crippen LogP) is 2.98. The predicted molar refractivity (Wildman–Crippen MR) is 87.8 cm³/mol. The van der Waals surface area contributed by atoms with E-state index in [0.29, 0.717) is 27.2 Å². The Kier molecular flexibility index (Phi) is 4.74. The summed E-state index contributed by atoms with van der Waals surface area (Å²) in [5.41, 5.74) is 7.21. The fourth-order valence-corrected chi connectivity index (χ4v) is 3.51. The standard InChI is InChI=1S/C14H15BrN2O3S/c1-20-11-6-7-12(15)14(8-11)17-21(18,19)9-10-4-2-3-5-13(10)16/h2-8,17H,9,16H2,1H3. The summed E-state index contributed by atoms with van der Waals surface area (Å²) in [6.07, 6.45) is 0. The first kappa shape index (κ1) is 15.7. The van der Waals surface area contributed by atoms with Crippen LogP contribution in [0.4, 0.5) is 11.4 Å². The van der Waals surface area contributed by atoms with Gasteiger partial charge in [-0.15, -0.1) is 0 Å². The van der Waals surface area contributed by atoms with Crippen molar-refractivity contribution in [2.75, 3.05) is 17.6 Å². The number of halogens is 1. The molecule has 0 bridgehead atoms. The summed E-state index contributed by atoms with van der Waals surface area (Å²) in [4.78, 5) is 0. The Bertz CT molecular complexity index is 748. The molecule has 3 N–H and O–H groups in total. The van der Waals surface area contributed by atoms with Crippen LogP contribution in [0.1, 0.15) is 5.56 Å². The van der Waals surface area contributed by atoms with Gasteiger partial charge >= 0.3 is 0 Å². The number of hydrogen-bond donors (Lipinski definition) is 2. The van der Waals surface area contributed by atoms with Gasteiger partial charge in [0.15, 0.2) is 0 Å². The minimum Gasteiger partial charge on any atom is -0.497 e. The second-order valence-corrected chi connectivity index (χ2v) is 6.98. The highest BCUT2D eigenvalue weighted by Gasteiger charge is 2.15. The van der Waals surface area contributed by atoms with E-state index in [4.69, 9.17) is 10.5 Å². The molecule has 7 heteroatoms. The number of nitrogens with two attached hydrogens (primary N) is 1. The molecule has 0 aliphatic carbocycles. The molecule has 0 spiro atoms. The van der Waals surface area contributed by atoms with Crippen molar-refractivity contribution < 1.29 is 13.2 Å². The van der Waals surface area contributed by atoms with Gasteiger partial charge in [0.1, 0.15) is 5.75 Å². The highest BCUT2D eigenvalue weighted by molar-refractivity contribution is 9.10. The second-order valence-electron chi connectivity index (χ2n) is 4.41. The molecule has 0 aliphatic heterocycles. The normalized spacial score (nSPS) is 11.1. The van der Waals surface area contributed by atoms with Crippen molar-refractivity contribution in [3.05, 3.63) is 52.5 Å². The van der Waals surface area contributed by atoms with Crippen molar-refractivity contribution >= 4 is 37.3 Å². The Morgan fingerprint density at radius 1 is 1.24 bits per heavy atom. The number of methoxy groups -OCH3 is 1. The molecule has 0 heterocycles. The molecule has 0 amide bonds. The Labute approximate surface area is 132 Å². The fraction of sp³-hybridized carbons (Fsp3) is 0.143. The van der Waals surface area contributed by atoms with Crippen LogP contribution in [-0.2, 0) is 15.8 Å². The molecule has 2 rings (SSSR count). The minimum absolute atomic E-state index is 0.191. The number of nitrogens with one attached hydrogen (secondary N) is 1. The summed E-state index contributed by atoms with van der Waals surface area (Å²) in [5, 5.41) is 0.